The van der Waals surface area contributed by atoms with Gasteiger partial charge in [0.15, 0.2) is 11.7 Å². The first-order chi connectivity index (χ1) is 10.6. The highest BCUT2D eigenvalue weighted by molar-refractivity contribution is 5.90. The van der Waals surface area contributed by atoms with Gasteiger partial charge in [0.05, 0.1) is 25.7 Å². The molecular weight excluding hydrogens is 284 g/mol. The van der Waals surface area contributed by atoms with Crippen molar-refractivity contribution in [3.05, 3.63) is 53.6 Å². The van der Waals surface area contributed by atoms with E-state index < -0.39 is 18.0 Å². The zero-order chi connectivity index (χ0) is 16.1. The molecule has 22 heavy (non-hydrogen) atoms. The van der Waals surface area contributed by atoms with Crippen LogP contribution < -0.4 is 0 Å². The van der Waals surface area contributed by atoms with E-state index in [4.69, 9.17) is 9.47 Å². The van der Waals surface area contributed by atoms with Gasteiger partial charge >= 0.3 is 11.9 Å². The minimum absolute atomic E-state index is 0.248. The van der Waals surface area contributed by atoms with Gasteiger partial charge in [0, 0.05) is 0 Å². The third-order valence-corrected chi connectivity index (χ3v) is 3.26. The number of carbonyl (C=O) groups excluding carboxylic acids is 2. The second-order valence-electron chi connectivity index (χ2n) is 4.64. The monoisotopic (exact) mass is 302 g/mol. The van der Waals surface area contributed by atoms with Gasteiger partial charge in [0.1, 0.15) is 0 Å². The van der Waals surface area contributed by atoms with Crippen LogP contribution in [0.2, 0.25) is 0 Å². The van der Waals surface area contributed by atoms with Gasteiger partial charge in [-0.3, -0.25) is 0 Å². The van der Waals surface area contributed by atoms with E-state index in [2.05, 4.69) is 4.98 Å². The van der Waals surface area contributed by atoms with Crippen LogP contribution in [-0.4, -0.2) is 35.2 Å². The molecule has 0 N–H and O–H groups in total. The number of hydrogen-bond acceptors (Lipinski definition) is 5. The summed E-state index contributed by atoms with van der Waals surface area (Å²) in [5.41, 5.74) is 1.46. The number of rotatable bonds is 5. The first-order valence-electron chi connectivity index (χ1n) is 6.93. The standard InChI is InChI=1S/C16H18N2O4/c1-4-22-16(20)13-11(2)17-10-18(13)14(15(19)21-3)12-8-6-5-7-9-12/h5-10,14H,4H2,1-3H3. The van der Waals surface area contributed by atoms with Crippen LogP contribution in [0.15, 0.2) is 36.7 Å². The summed E-state index contributed by atoms with van der Waals surface area (Å²) in [4.78, 5) is 28.5. The summed E-state index contributed by atoms with van der Waals surface area (Å²) in [5, 5.41) is 0. The van der Waals surface area contributed by atoms with E-state index in [1.54, 1.807) is 26.0 Å². The first kappa shape index (κ1) is 15.8. The van der Waals surface area contributed by atoms with E-state index in [-0.39, 0.29) is 12.3 Å². The van der Waals surface area contributed by atoms with E-state index >= 15 is 0 Å². The van der Waals surface area contributed by atoms with Crippen molar-refractivity contribution in [2.24, 2.45) is 0 Å². The van der Waals surface area contributed by atoms with E-state index in [1.807, 2.05) is 18.2 Å². The Morgan fingerprint density at radius 2 is 1.95 bits per heavy atom. The second kappa shape index (κ2) is 6.89. The minimum Gasteiger partial charge on any atom is -0.467 e. The normalized spacial score (nSPS) is 11.8. The molecule has 1 aromatic heterocycles. The summed E-state index contributed by atoms with van der Waals surface area (Å²) >= 11 is 0. The van der Waals surface area contributed by atoms with Gasteiger partial charge in [-0.05, 0) is 19.4 Å². The zero-order valence-corrected chi connectivity index (χ0v) is 12.8. The SMILES string of the molecule is CCOC(=O)c1c(C)ncn1C(C(=O)OC)c1ccccc1. The number of hydrogen-bond donors (Lipinski definition) is 0. The molecule has 0 aliphatic carbocycles. The lowest BCUT2D eigenvalue weighted by atomic mass is 10.1. The smallest absolute Gasteiger partial charge is 0.356 e. The fraction of sp³-hybridized carbons (Fsp3) is 0.312. The number of nitrogens with zero attached hydrogens (tertiary/aromatic N) is 2. The lowest BCUT2D eigenvalue weighted by molar-refractivity contribution is -0.143. The Kier molecular flexibility index (Phi) is 4.93. The molecule has 0 saturated heterocycles. The molecule has 6 heteroatoms. The number of imidazole rings is 1. The number of esters is 2. The largest absolute Gasteiger partial charge is 0.467 e. The molecule has 0 saturated carbocycles. The molecule has 1 unspecified atom stereocenters. The Hall–Kier alpha value is -2.63. The Labute approximate surface area is 128 Å². The Morgan fingerprint density at radius 3 is 2.55 bits per heavy atom. The van der Waals surface area contributed by atoms with Crippen molar-refractivity contribution < 1.29 is 19.1 Å². The van der Waals surface area contributed by atoms with E-state index in [1.165, 1.54) is 18.0 Å². The van der Waals surface area contributed by atoms with E-state index in [0.717, 1.165) is 0 Å². The molecule has 2 rings (SSSR count). The average Bonchev–Trinajstić information content (AvgIpc) is 2.90. The highest BCUT2D eigenvalue weighted by Gasteiger charge is 2.29. The lowest BCUT2D eigenvalue weighted by Gasteiger charge is -2.18. The van der Waals surface area contributed by atoms with Crippen molar-refractivity contribution in [1.29, 1.82) is 0 Å². The molecule has 2 aromatic rings. The van der Waals surface area contributed by atoms with Crippen molar-refractivity contribution in [3.63, 3.8) is 0 Å². The fourth-order valence-electron chi connectivity index (χ4n) is 2.26. The maximum absolute atomic E-state index is 12.2. The summed E-state index contributed by atoms with van der Waals surface area (Å²) in [5.74, 6) is -0.989. The Bertz CT molecular complexity index is 664. The maximum atomic E-state index is 12.2. The molecule has 116 valence electrons. The third-order valence-electron chi connectivity index (χ3n) is 3.26. The molecular formula is C16H18N2O4. The number of carbonyl (C=O) groups is 2. The number of ether oxygens (including phenoxy) is 2. The molecule has 0 radical (unpaired) electrons. The minimum atomic E-state index is -0.785. The summed E-state index contributed by atoms with van der Waals surface area (Å²) in [7, 11) is 1.31. The fourth-order valence-corrected chi connectivity index (χ4v) is 2.26. The van der Waals surface area contributed by atoms with E-state index in [0.29, 0.717) is 11.3 Å². The van der Waals surface area contributed by atoms with Crippen LogP contribution in [0.4, 0.5) is 0 Å². The van der Waals surface area contributed by atoms with Crippen LogP contribution in [-0.2, 0) is 14.3 Å². The van der Waals surface area contributed by atoms with Gasteiger partial charge in [-0.25, -0.2) is 14.6 Å². The molecule has 0 amide bonds. The number of benzene rings is 1. The van der Waals surface area contributed by atoms with Crippen LogP contribution in [0.3, 0.4) is 0 Å². The second-order valence-corrected chi connectivity index (χ2v) is 4.64. The van der Waals surface area contributed by atoms with Crippen LogP contribution in [0.25, 0.3) is 0 Å². The predicted octanol–water partition coefficient (Wildman–Crippen LogP) is 2.13. The third kappa shape index (κ3) is 3.00. The summed E-state index contributed by atoms with van der Waals surface area (Å²) in [6.07, 6.45) is 1.45. The summed E-state index contributed by atoms with van der Waals surface area (Å²) in [6, 6.07) is 8.30. The zero-order valence-electron chi connectivity index (χ0n) is 12.8. The first-order valence-corrected chi connectivity index (χ1v) is 6.93. The topological polar surface area (TPSA) is 70.4 Å². The highest BCUT2D eigenvalue weighted by atomic mass is 16.5. The Morgan fingerprint density at radius 1 is 1.27 bits per heavy atom. The summed E-state index contributed by atoms with van der Waals surface area (Å²) < 4.78 is 11.4. The molecule has 0 aliphatic rings. The highest BCUT2D eigenvalue weighted by Crippen LogP contribution is 2.23. The van der Waals surface area contributed by atoms with Crippen molar-refractivity contribution in [2.75, 3.05) is 13.7 Å². The molecule has 1 atom stereocenters. The van der Waals surface area contributed by atoms with Crippen molar-refractivity contribution in [3.8, 4) is 0 Å². The molecule has 6 nitrogen and oxygen atoms in total. The number of methoxy groups -OCH3 is 1. The van der Waals surface area contributed by atoms with Gasteiger partial charge in [0.25, 0.3) is 0 Å². The summed E-state index contributed by atoms with van der Waals surface area (Å²) in [6.45, 7) is 3.67. The maximum Gasteiger partial charge on any atom is 0.356 e. The van der Waals surface area contributed by atoms with Crippen molar-refractivity contribution >= 4 is 11.9 Å². The predicted molar refractivity (Wildman–Crippen MR) is 79.5 cm³/mol. The van der Waals surface area contributed by atoms with Crippen molar-refractivity contribution in [2.45, 2.75) is 19.9 Å². The molecule has 0 bridgehead atoms. The molecule has 0 spiro atoms. The molecule has 1 aromatic carbocycles. The van der Waals surface area contributed by atoms with Crippen molar-refractivity contribution in [1.82, 2.24) is 9.55 Å². The molecule has 1 heterocycles. The van der Waals surface area contributed by atoms with Gasteiger partial charge < -0.3 is 14.0 Å². The van der Waals surface area contributed by atoms with Crippen LogP contribution >= 0.6 is 0 Å². The van der Waals surface area contributed by atoms with Crippen LogP contribution in [0.1, 0.15) is 34.7 Å². The molecule has 0 fully saturated rings. The van der Waals surface area contributed by atoms with E-state index in [9.17, 15) is 9.59 Å². The van der Waals surface area contributed by atoms with Gasteiger partial charge in [-0.15, -0.1) is 0 Å². The Balaban J connectivity index is 2.54. The quantitative estimate of drug-likeness (QED) is 0.791. The molecule has 0 aliphatic heterocycles. The number of aromatic nitrogens is 2. The van der Waals surface area contributed by atoms with Gasteiger partial charge in [-0.2, -0.15) is 0 Å². The van der Waals surface area contributed by atoms with Gasteiger partial charge in [0.2, 0.25) is 0 Å². The average molecular weight is 302 g/mol. The van der Waals surface area contributed by atoms with Crippen LogP contribution in [0, 0.1) is 6.92 Å². The number of aryl methyl sites for hydroxylation is 1. The van der Waals surface area contributed by atoms with Crippen LogP contribution in [0.5, 0.6) is 0 Å². The van der Waals surface area contributed by atoms with Gasteiger partial charge in [-0.1, -0.05) is 30.3 Å². The lowest BCUT2D eigenvalue weighted by Crippen LogP contribution is -2.25.